The molecular formula is C21H30N4O. The van der Waals surface area contributed by atoms with Gasteiger partial charge in [0.2, 0.25) is 0 Å². The molecule has 0 aliphatic heterocycles. The van der Waals surface area contributed by atoms with Gasteiger partial charge in [-0.3, -0.25) is 4.98 Å². The fourth-order valence-corrected chi connectivity index (χ4v) is 2.55. The van der Waals surface area contributed by atoms with Crippen molar-refractivity contribution in [3.05, 3.63) is 65.5 Å². The predicted octanol–water partition coefficient (Wildman–Crippen LogP) is 3.61. The number of aryl methyl sites for hydroxylation is 1. The highest BCUT2D eigenvalue weighted by atomic mass is 16.5. The van der Waals surface area contributed by atoms with Crippen molar-refractivity contribution in [1.29, 1.82) is 0 Å². The number of ether oxygens (including phenoxy) is 1. The Balaban J connectivity index is 1.71. The van der Waals surface area contributed by atoms with Crippen LogP contribution in [-0.2, 0) is 11.3 Å². The van der Waals surface area contributed by atoms with E-state index in [1.807, 2.05) is 43.3 Å². The summed E-state index contributed by atoms with van der Waals surface area (Å²) in [4.78, 5) is 9.08. The molecule has 1 unspecified atom stereocenters. The Morgan fingerprint density at radius 1 is 1.12 bits per heavy atom. The number of pyridine rings is 1. The predicted molar refractivity (Wildman–Crippen MR) is 107 cm³/mol. The Hall–Kier alpha value is -2.40. The number of benzene rings is 1. The molecule has 2 N–H and O–H groups in total. The Morgan fingerprint density at radius 3 is 2.65 bits per heavy atom. The van der Waals surface area contributed by atoms with Gasteiger partial charge in [0, 0.05) is 25.4 Å². The summed E-state index contributed by atoms with van der Waals surface area (Å²) in [6.07, 6.45) is 1.04. The van der Waals surface area contributed by atoms with E-state index in [-0.39, 0.29) is 6.10 Å². The van der Waals surface area contributed by atoms with Gasteiger partial charge in [0.1, 0.15) is 0 Å². The SMILES string of the molecule is CCNC(=NCc1cccc(C)n1)NCCCOC(C)c1ccccc1. The van der Waals surface area contributed by atoms with Gasteiger partial charge in [-0.25, -0.2) is 4.99 Å². The number of nitrogens with one attached hydrogen (secondary N) is 2. The standard InChI is InChI=1S/C21H30N4O/c1-4-22-21(24-16-20-13-8-10-17(2)25-20)23-14-9-15-26-18(3)19-11-6-5-7-12-19/h5-8,10-13,18H,4,9,14-16H2,1-3H3,(H2,22,23,24). The molecule has 0 saturated carbocycles. The number of hydrogen-bond donors (Lipinski definition) is 2. The van der Waals surface area contributed by atoms with Crippen LogP contribution in [0.25, 0.3) is 0 Å². The van der Waals surface area contributed by atoms with Crippen LogP contribution in [0.4, 0.5) is 0 Å². The van der Waals surface area contributed by atoms with Crippen LogP contribution in [-0.4, -0.2) is 30.6 Å². The maximum Gasteiger partial charge on any atom is 0.191 e. The van der Waals surface area contributed by atoms with Gasteiger partial charge in [-0.15, -0.1) is 0 Å². The molecule has 140 valence electrons. The highest BCUT2D eigenvalue weighted by molar-refractivity contribution is 5.79. The molecule has 0 fully saturated rings. The first-order valence-electron chi connectivity index (χ1n) is 9.30. The summed E-state index contributed by atoms with van der Waals surface area (Å²) < 4.78 is 5.90. The molecule has 1 aromatic carbocycles. The molecule has 2 rings (SSSR count). The topological polar surface area (TPSA) is 58.5 Å². The lowest BCUT2D eigenvalue weighted by Gasteiger charge is -2.14. The molecule has 0 radical (unpaired) electrons. The number of hydrogen-bond acceptors (Lipinski definition) is 3. The van der Waals surface area contributed by atoms with Crippen molar-refractivity contribution in [1.82, 2.24) is 15.6 Å². The molecule has 0 aliphatic carbocycles. The molecule has 0 aliphatic rings. The minimum atomic E-state index is 0.116. The summed E-state index contributed by atoms with van der Waals surface area (Å²) in [5, 5.41) is 6.61. The van der Waals surface area contributed by atoms with Crippen molar-refractivity contribution in [2.24, 2.45) is 4.99 Å². The first kappa shape index (κ1) is 19.9. The lowest BCUT2D eigenvalue weighted by atomic mass is 10.1. The van der Waals surface area contributed by atoms with Crippen molar-refractivity contribution in [3.63, 3.8) is 0 Å². The molecule has 1 aromatic heterocycles. The highest BCUT2D eigenvalue weighted by Gasteiger charge is 2.04. The van der Waals surface area contributed by atoms with Crippen LogP contribution in [0.5, 0.6) is 0 Å². The second-order valence-electron chi connectivity index (χ2n) is 6.17. The lowest BCUT2D eigenvalue weighted by molar-refractivity contribution is 0.0646. The average Bonchev–Trinajstić information content (AvgIpc) is 2.66. The number of aromatic nitrogens is 1. The molecule has 2 aromatic rings. The van der Waals surface area contributed by atoms with Gasteiger partial charge in [-0.2, -0.15) is 0 Å². The monoisotopic (exact) mass is 354 g/mol. The van der Waals surface area contributed by atoms with Crippen LogP contribution < -0.4 is 10.6 Å². The third kappa shape index (κ3) is 7.23. The van der Waals surface area contributed by atoms with E-state index in [0.717, 1.165) is 36.9 Å². The summed E-state index contributed by atoms with van der Waals surface area (Å²) in [6, 6.07) is 16.3. The molecule has 26 heavy (non-hydrogen) atoms. The zero-order valence-corrected chi connectivity index (χ0v) is 16.0. The zero-order chi connectivity index (χ0) is 18.6. The lowest BCUT2D eigenvalue weighted by Crippen LogP contribution is -2.38. The first-order valence-corrected chi connectivity index (χ1v) is 9.30. The molecule has 1 heterocycles. The summed E-state index contributed by atoms with van der Waals surface area (Å²) in [7, 11) is 0. The van der Waals surface area contributed by atoms with Crippen molar-refractivity contribution in [2.45, 2.75) is 39.8 Å². The minimum absolute atomic E-state index is 0.116. The Kier molecular flexibility index (Phi) is 8.63. The van der Waals surface area contributed by atoms with Crippen molar-refractivity contribution in [3.8, 4) is 0 Å². The average molecular weight is 354 g/mol. The van der Waals surface area contributed by atoms with E-state index in [1.54, 1.807) is 0 Å². The van der Waals surface area contributed by atoms with E-state index in [9.17, 15) is 0 Å². The number of nitrogens with zero attached hydrogens (tertiary/aromatic N) is 2. The van der Waals surface area contributed by atoms with Crippen molar-refractivity contribution < 1.29 is 4.74 Å². The largest absolute Gasteiger partial charge is 0.374 e. The molecule has 5 nitrogen and oxygen atoms in total. The van der Waals surface area contributed by atoms with E-state index in [2.05, 4.69) is 46.6 Å². The van der Waals surface area contributed by atoms with Gasteiger partial charge >= 0.3 is 0 Å². The minimum Gasteiger partial charge on any atom is -0.374 e. The number of guanidine groups is 1. The molecule has 1 atom stereocenters. The molecule has 0 amide bonds. The van der Waals surface area contributed by atoms with E-state index in [1.165, 1.54) is 5.56 Å². The van der Waals surface area contributed by atoms with Crippen LogP contribution in [0.15, 0.2) is 53.5 Å². The summed E-state index contributed by atoms with van der Waals surface area (Å²) in [5.74, 6) is 0.812. The van der Waals surface area contributed by atoms with Gasteiger partial charge in [-0.1, -0.05) is 36.4 Å². The molecular weight excluding hydrogens is 324 g/mol. The highest BCUT2D eigenvalue weighted by Crippen LogP contribution is 2.15. The summed E-state index contributed by atoms with van der Waals surface area (Å²) in [6.45, 7) is 9.06. The van der Waals surface area contributed by atoms with Gasteiger partial charge < -0.3 is 15.4 Å². The normalized spacial score (nSPS) is 12.7. The van der Waals surface area contributed by atoms with Gasteiger partial charge in [0.05, 0.1) is 18.3 Å². The fourth-order valence-electron chi connectivity index (χ4n) is 2.55. The fraction of sp³-hybridized carbons (Fsp3) is 0.429. The van der Waals surface area contributed by atoms with Crippen molar-refractivity contribution in [2.75, 3.05) is 19.7 Å². The molecule has 5 heteroatoms. The van der Waals surface area contributed by atoms with Crippen LogP contribution in [0.1, 0.15) is 43.3 Å². The quantitative estimate of drug-likeness (QED) is 0.410. The first-order chi connectivity index (χ1) is 12.7. The van der Waals surface area contributed by atoms with Crippen LogP contribution in [0.3, 0.4) is 0 Å². The number of rotatable bonds is 9. The van der Waals surface area contributed by atoms with E-state index < -0.39 is 0 Å². The molecule has 0 spiro atoms. The van der Waals surface area contributed by atoms with E-state index >= 15 is 0 Å². The van der Waals surface area contributed by atoms with Crippen LogP contribution in [0, 0.1) is 6.92 Å². The Bertz CT molecular complexity index is 673. The van der Waals surface area contributed by atoms with E-state index in [0.29, 0.717) is 13.2 Å². The van der Waals surface area contributed by atoms with E-state index in [4.69, 9.17) is 4.74 Å². The van der Waals surface area contributed by atoms with Gasteiger partial charge in [0.25, 0.3) is 0 Å². The third-order valence-electron chi connectivity index (χ3n) is 3.94. The summed E-state index contributed by atoms with van der Waals surface area (Å²) >= 11 is 0. The summed E-state index contributed by atoms with van der Waals surface area (Å²) in [5.41, 5.74) is 3.20. The molecule has 0 bridgehead atoms. The van der Waals surface area contributed by atoms with Crippen LogP contribution >= 0.6 is 0 Å². The maximum atomic E-state index is 5.90. The maximum absolute atomic E-state index is 5.90. The van der Waals surface area contributed by atoms with Gasteiger partial charge in [-0.05, 0) is 44.9 Å². The third-order valence-corrected chi connectivity index (χ3v) is 3.94. The second-order valence-corrected chi connectivity index (χ2v) is 6.17. The van der Waals surface area contributed by atoms with Crippen LogP contribution in [0.2, 0.25) is 0 Å². The smallest absolute Gasteiger partial charge is 0.191 e. The zero-order valence-electron chi connectivity index (χ0n) is 16.0. The molecule has 0 saturated heterocycles. The van der Waals surface area contributed by atoms with Crippen molar-refractivity contribution >= 4 is 5.96 Å². The Labute approximate surface area is 156 Å². The number of aliphatic imine (C=N–C) groups is 1. The second kappa shape index (κ2) is 11.3. The van der Waals surface area contributed by atoms with Gasteiger partial charge in [0.15, 0.2) is 5.96 Å². The Morgan fingerprint density at radius 2 is 1.92 bits per heavy atom.